The van der Waals surface area contributed by atoms with E-state index in [1.165, 1.54) is 11.5 Å². The highest BCUT2D eigenvalue weighted by Crippen LogP contribution is 2.42. The summed E-state index contributed by atoms with van der Waals surface area (Å²) in [6.07, 6.45) is 2.00. The molecule has 0 N–H and O–H groups in total. The van der Waals surface area contributed by atoms with E-state index in [0.29, 0.717) is 15.7 Å². The minimum absolute atomic E-state index is 0.366. The molecule has 2 nitrogen and oxygen atoms in total. The standard InChI is InChI=1S/C12H16BrClN2S2/c1-3-4-8-9(13)11(14)16-12(15-8)10-7(2)17-5-6-18-10/h7,10H,3-6H2,1-2H3. The third kappa shape index (κ3) is 3.35. The van der Waals surface area contributed by atoms with Crippen LogP contribution in [-0.2, 0) is 6.42 Å². The molecule has 6 heteroatoms. The lowest BCUT2D eigenvalue weighted by atomic mass is 10.2. The smallest absolute Gasteiger partial charge is 0.147 e. The van der Waals surface area contributed by atoms with Crippen molar-refractivity contribution in [3.8, 4) is 0 Å². The summed E-state index contributed by atoms with van der Waals surface area (Å²) in [4.78, 5) is 9.18. The second-order valence-corrected chi connectivity index (χ2v) is 8.14. The molecule has 0 aromatic carbocycles. The average molecular weight is 368 g/mol. The zero-order valence-corrected chi connectivity index (χ0v) is 14.4. The highest BCUT2D eigenvalue weighted by molar-refractivity contribution is 9.10. The SMILES string of the molecule is CCCc1nc(C2SCCSC2C)nc(Cl)c1Br. The minimum Gasteiger partial charge on any atom is -0.235 e. The van der Waals surface area contributed by atoms with Crippen molar-refractivity contribution in [2.45, 2.75) is 37.2 Å². The summed E-state index contributed by atoms with van der Waals surface area (Å²) in [5.74, 6) is 3.28. The van der Waals surface area contributed by atoms with Crippen molar-refractivity contribution >= 4 is 51.1 Å². The molecule has 0 radical (unpaired) electrons. The number of aryl methyl sites for hydroxylation is 1. The summed E-state index contributed by atoms with van der Waals surface area (Å²) >= 11 is 13.6. The maximum Gasteiger partial charge on any atom is 0.147 e. The van der Waals surface area contributed by atoms with Crippen LogP contribution in [0.4, 0.5) is 0 Å². The Bertz CT molecular complexity index is 431. The molecule has 1 aliphatic heterocycles. The second-order valence-electron chi connectivity index (χ2n) is 4.25. The maximum atomic E-state index is 6.21. The predicted octanol–water partition coefficient (Wildman–Crippen LogP) is 4.75. The van der Waals surface area contributed by atoms with Crippen molar-refractivity contribution in [3.05, 3.63) is 21.1 Å². The van der Waals surface area contributed by atoms with E-state index in [4.69, 9.17) is 16.6 Å². The molecule has 2 heterocycles. The van der Waals surface area contributed by atoms with Gasteiger partial charge >= 0.3 is 0 Å². The molecule has 0 bridgehead atoms. The lowest BCUT2D eigenvalue weighted by Crippen LogP contribution is -2.19. The fourth-order valence-corrected chi connectivity index (χ4v) is 5.19. The Morgan fingerprint density at radius 3 is 2.72 bits per heavy atom. The van der Waals surface area contributed by atoms with Crippen LogP contribution in [0.15, 0.2) is 4.47 Å². The van der Waals surface area contributed by atoms with Crippen LogP contribution in [0.3, 0.4) is 0 Å². The third-order valence-corrected chi connectivity index (χ3v) is 7.25. The molecule has 1 fully saturated rings. The molecule has 2 rings (SSSR count). The van der Waals surface area contributed by atoms with Gasteiger partial charge in [0.25, 0.3) is 0 Å². The predicted molar refractivity (Wildman–Crippen MR) is 85.9 cm³/mol. The third-order valence-electron chi connectivity index (χ3n) is 2.83. The zero-order chi connectivity index (χ0) is 13.1. The number of rotatable bonds is 3. The first-order valence-electron chi connectivity index (χ1n) is 6.08. The van der Waals surface area contributed by atoms with Crippen molar-refractivity contribution in [1.82, 2.24) is 9.97 Å². The first-order valence-corrected chi connectivity index (χ1v) is 9.35. The highest BCUT2D eigenvalue weighted by Gasteiger charge is 2.27. The molecule has 2 atom stereocenters. The minimum atomic E-state index is 0.366. The van der Waals surface area contributed by atoms with E-state index >= 15 is 0 Å². The molecule has 0 amide bonds. The molecule has 0 aliphatic carbocycles. The number of hydrogen-bond acceptors (Lipinski definition) is 4. The molecule has 1 aromatic heterocycles. The average Bonchev–Trinajstić information content (AvgIpc) is 2.35. The zero-order valence-electron chi connectivity index (χ0n) is 10.4. The van der Waals surface area contributed by atoms with E-state index in [9.17, 15) is 0 Å². The van der Waals surface area contributed by atoms with Crippen LogP contribution >= 0.6 is 51.1 Å². The molecule has 1 saturated heterocycles. The van der Waals surface area contributed by atoms with E-state index in [2.05, 4.69) is 34.8 Å². The van der Waals surface area contributed by atoms with Crippen molar-refractivity contribution in [2.75, 3.05) is 11.5 Å². The largest absolute Gasteiger partial charge is 0.235 e. The van der Waals surface area contributed by atoms with Crippen LogP contribution < -0.4 is 0 Å². The molecule has 0 spiro atoms. The summed E-state index contributed by atoms with van der Waals surface area (Å²) in [6, 6.07) is 0. The first-order chi connectivity index (χ1) is 8.63. The van der Waals surface area contributed by atoms with Crippen LogP contribution in [0.25, 0.3) is 0 Å². The Balaban J connectivity index is 2.32. The summed E-state index contributed by atoms with van der Waals surface area (Å²) in [5.41, 5.74) is 1.04. The van der Waals surface area contributed by atoms with Crippen LogP contribution in [-0.4, -0.2) is 26.7 Å². The number of nitrogens with zero attached hydrogens (tertiary/aromatic N) is 2. The van der Waals surface area contributed by atoms with Crippen molar-refractivity contribution in [2.24, 2.45) is 0 Å². The van der Waals surface area contributed by atoms with Crippen LogP contribution in [0.2, 0.25) is 5.15 Å². The normalized spacial score (nSPS) is 24.2. The molecule has 1 aliphatic rings. The van der Waals surface area contributed by atoms with Crippen molar-refractivity contribution < 1.29 is 0 Å². The Hall–Kier alpha value is 0.550. The number of halogens is 2. The fraction of sp³-hybridized carbons (Fsp3) is 0.667. The van der Waals surface area contributed by atoms with Gasteiger partial charge in [-0.2, -0.15) is 11.8 Å². The Kier molecular flexibility index (Phi) is 5.66. The Morgan fingerprint density at radius 1 is 1.33 bits per heavy atom. The topological polar surface area (TPSA) is 25.8 Å². The van der Waals surface area contributed by atoms with Gasteiger partial charge in [-0.3, -0.25) is 0 Å². The van der Waals surface area contributed by atoms with Gasteiger partial charge in [0.15, 0.2) is 0 Å². The summed E-state index contributed by atoms with van der Waals surface area (Å²) in [5, 5.41) is 1.47. The van der Waals surface area contributed by atoms with Crippen LogP contribution in [0.1, 0.15) is 37.0 Å². The van der Waals surface area contributed by atoms with E-state index in [-0.39, 0.29) is 0 Å². The lowest BCUT2D eigenvalue weighted by Gasteiger charge is -2.27. The monoisotopic (exact) mass is 366 g/mol. The molecule has 18 heavy (non-hydrogen) atoms. The van der Waals surface area contributed by atoms with Crippen LogP contribution in [0.5, 0.6) is 0 Å². The number of aromatic nitrogens is 2. The Labute approximate surface area is 130 Å². The van der Waals surface area contributed by atoms with Gasteiger partial charge in [0.05, 0.1) is 15.4 Å². The second kappa shape index (κ2) is 6.82. The maximum absolute atomic E-state index is 6.21. The summed E-state index contributed by atoms with van der Waals surface area (Å²) in [6.45, 7) is 4.40. The highest BCUT2D eigenvalue weighted by atomic mass is 79.9. The first kappa shape index (κ1) is 14.9. The molecular weight excluding hydrogens is 352 g/mol. The fourth-order valence-electron chi connectivity index (χ4n) is 1.93. The van der Waals surface area contributed by atoms with Crippen molar-refractivity contribution in [1.29, 1.82) is 0 Å². The van der Waals surface area contributed by atoms with E-state index in [1.54, 1.807) is 0 Å². The van der Waals surface area contributed by atoms with Gasteiger partial charge < -0.3 is 0 Å². The number of thioether (sulfide) groups is 2. The summed E-state index contributed by atoms with van der Waals surface area (Å²) in [7, 11) is 0. The van der Waals surface area contributed by atoms with Gasteiger partial charge in [-0.05, 0) is 22.4 Å². The quantitative estimate of drug-likeness (QED) is 0.720. The molecular formula is C12H16BrClN2S2. The van der Waals surface area contributed by atoms with Gasteiger partial charge in [0, 0.05) is 16.8 Å². The summed E-state index contributed by atoms with van der Waals surface area (Å²) < 4.78 is 0.857. The van der Waals surface area contributed by atoms with Gasteiger partial charge in [-0.25, -0.2) is 9.97 Å². The molecule has 1 aromatic rings. The molecule has 100 valence electrons. The van der Waals surface area contributed by atoms with E-state index < -0.39 is 0 Å². The van der Waals surface area contributed by atoms with Gasteiger partial charge in [-0.15, -0.1) is 11.8 Å². The van der Waals surface area contributed by atoms with Crippen LogP contribution in [0, 0.1) is 0 Å². The molecule has 0 saturated carbocycles. The van der Waals surface area contributed by atoms with E-state index in [1.807, 2.05) is 23.5 Å². The van der Waals surface area contributed by atoms with Crippen molar-refractivity contribution in [3.63, 3.8) is 0 Å². The van der Waals surface area contributed by atoms with Gasteiger partial charge in [0.2, 0.25) is 0 Å². The van der Waals surface area contributed by atoms with E-state index in [0.717, 1.165) is 28.8 Å². The lowest BCUT2D eigenvalue weighted by molar-refractivity contribution is 0.781. The number of hydrogen-bond donors (Lipinski definition) is 0. The van der Waals surface area contributed by atoms with Gasteiger partial charge in [-0.1, -0.05) is 31.9 Å². The molecule has 2 unspecified atom stereocenters. The van der Waals surface area contributed by atoms with Gasteiger partial charge in [0.1, 0.15) is 11.0 Å². The Morgan fingerprint density at radius 2 is 2.06 bits per heavy atom.